The van der Waals surface area contributed by atoms with Crippen LogP contribution in [0.5, 0.6) is 0 Å². The molecule has 152 valence electrons. The number of ether oxygens (including phenoxy) is 1. The standard InChI is InChI=1S/C23H24FNO4/c1-15(26)17-8-7-9-18(14-17)25-21(27)16(2)29-22(28)23(12-5-6-13-23)19-10-3-4-11-20(19)24/h3-4,7-11,14,16H,5-6,12-13H2,1-2H3,(H,25,27). The van der Waals surface area contributed by atoms with Gasteiger partial charge in [0.25, 0.3) is 5.91 Å². The normalized spacial score (nSPS) is 16.1. The van der Waals surface area contributed by atoms with Crippen LogP contribution in [-0.2, 0) is 19.7 Å². The topological polar surface area (TPSA) is 72.5 Å². The highest BCUT2D eigenvalue weighted by Gasteiger charge is 2.46. The molecule has 1 fully saturated rings. The fourth-order valence-corrected chi connectivity index (χ4v) is 3.80. The fourth-order valence-electron chi connectivity index (χ4n) is 3.80. The summed E-state index contributed by atoms with van der Waals surface area (Å²) in [5, 5.41) is 2.65. The molecule has 1 aliphatic carbocycles. The Labute approximate surface area is 169 Å². The van der Waals surface area contributed by atoms with Crippen LogP contribution in [0.3, 0.4) is 0 Å². The van der Waals surface area contributed by atoms with Gasteiger partial charge in [-0.3, -0.25) is 14.4 Å². The van der Waals surface area contributed by atoms with Crippen LogP contribution < -0.4 is 5.32 Å². The van der Waals surface area contributed by atoms with Crippen molar-refractivity contribution in [2.75, 3.05) is 5.32 Å². The number of carbonyl (C=O) groups excluding carboxylic acids is 3. The van der Waals surface area contributed by atoms with Crippen molar-refractivity contribution >= 4 is 23.3 Å². The Bertz CT molecular complexity index is 934. The molecular weight excluding hydrogens is 373 g/mol. The molecule has 1 atom stereocenters. The molecule has 1 unspecified atom stereocenters. The summed E-state index contributed by atoms with van der Waals surface area (Å²) in [7, 11) is 0. The average molecular weight is 397 g/mol. The highest BCUT2D eigenvalue weighted by atomic mass is 19.1. The van der Waals surface area contributed by atoms with Crippen LogP contribution in [-0.4, -0.2) is 23.8 Å². The molecule has 0 spiro atoms. The van der Waals surface area contributed by atoms with Crippen molar-refractivity contribution < 1.29 is 23.5 Å². The van der Waals surface area contributed by atoms with E-state index in [1.54, 1.807) is 42.5 Å². The Balaban J connectivity index is 1.73. The summed E-state index contributed by atoms with van der Waals surface area (Å²) < 4.78 is 19.9. The van der Waals surface area contributed by atoms with Crippen LogP contribution >= 0.6 is 0 Å². The summed E-state index contributed by atoms with van der Waals surface area (Å²) >= 11 is 0. The van der Waals surface area contributed by atoms with Gasteiger partial charge in [-0.15, -0.1) is 0 Å². The molecule has 2 aromatic rings. The van der Waals surface area contributed by atoms with E-state index < -0.39 is 29.2 Å². The Morgan fingerprint density at radius 1 is 1.07 bits per heavy atom. The third kappa shape index (κ3) is 4.36. The molecule has 0 bridgehead atoms. The molecule has 0 saturated heterocycles. The SMILES string of the molecule is CC(=O)c1cccc(NC(=O)C(C)OC(=O)C2(c3ccccc3F)CCCC2)c1. The van der Waals surface area contributed by atoms with E-state index in [0.717, 1.165) is 12.8 Å². The van der Waals surface area contributed by atoms with Gasteiger partial charge in [-0.05, 0) is 44.9 Å². The molecule has 3 rings (SSSR count). The first kappa shape index (κ1) is 20.7. The van der Waals surface area contributed by atoms with Gasteiger partial charge in [-0.2, -0.15) is 0 Å². The quantitative estimate of drug-likeness (QED) is 0.579. The maximum absolute atomic E-state index is 14.4. The summed E-state index contributed by atoms with van der Waals surface area (Å²) in [6.07, 6.45) is 1.50. The van der Waals surface area contributed by atoms with E-state index in [2.05, 4.69) is 5.32 Å². The van der Waals surface area contributed by atoms with Crippen molar-refractivity contribution in [3.8, 4) is 0 Å². The van der Waals surface area contributed by atoms with Crippen molar-refractivity contribution in [1.82, 2.24) is 0 Å². The first-order chi connectivity index (χ1) is 13.8. The average Bonchev–Trinajstić information content (AvgIpc) is 3.19. The van der Waals surface area contributed by atoms with E-state index in [0.29, 0.717) is 29.7 Å². The van der Waals surface area contributed by atoms with E-state index in [4.69, 9.17) is 4.74 Å². The van der Waals surface area contributed by atoms with E-state index in [1.165, 1.54) is 19.9 Å². The number of amides is 1. The van der Waals surface area contributed by atoms with Crippen LogP contribution in [0.25, 0.3) is 0 Å². The number of anilines is 1. The van der Waals surface area contributed by atoms with Gasteiger partial charge in [0.1, 0.15) is 5.82 Å². The van der Waals surface area contributed by atoms with Crippen LogP contribution in [0.15, 0.2) is 48.5 Å². The highest BCUT2D eigenvalue weighted by Crippen LogP contribution is 2.43. The molecule has 5 nitrogen and oxygen atoms in total. The number of Topliss-reactive ketones (excluding diaryl/α,β-unsaturated/α-hetero) is 1. The monoisotopic (exact) mass is 397 g/mol. The zero-order chi connectivity index (χ0) is 21.0. The minimum Gasteiger partial charge on any atom is -0.452 e. The number of hydrogen-bond acceptors (Lipinski definition) is 4. The fraction of sp³-hybridized carbons (Fsp3) is 0.348. The Morgan fingerprint density at radius 3 is 2.41 bits per heavy atom. The van der Waals surface area contributed by atoms with E-state index >= 15 is 0 Å². The van der Waals surface area contributed by atoms with E-state index in [-0.39, 0.29) is 5.78 Å². The number of benzene rings is 2. The molecule has 1 aliphatic rings. The van der Waals surface area contributed by atoms with Gasteiger partial charge in [0.2, 0.25) is 0 Å². The van der Waals surface area contributed by atoms with Crippen molar-refractivity contribution in [2.45, 2.75) is 51.0 Å². The number of rotatable bonds is 6. The molecule has 1 N–H and O–H groups in total. The third-order valence-corrected chi connectivity index (χ3v) is 5.43. The first-order valence-corrected chi connectivity index (χ1v) is 9.71. The molecule has 29 heavy (non-hydrogen) atoms. The molecule has 0 aromatic heterocycles. The largest absolute Gasteiger partial charge is 0.452 e. The molecule has 0 heterocycles. The lowest BCUT2D eigenvalue weighted by atomic mass is 9.78. The second-order valence-corrected chi connectivity index (χ2v) is 7.44. The molecule has 2 aromatic carbocycles. The number of esters is 1. The Morgan fingerprint density at radius 2 is 1.76 bits per heavy atom. The molecular formula is C23H24FNO4. The first-order valence-electron chi connectivity index (χ1n) is 9.71. The van der Waals surface area contributed by atoms with Gasteiger partial charge in [-0.25, -0.2) is 4.39 Å². The predicted molar refractivity (Wildman–Crippen MR) is 107 cm³/mol. The predicted octanol–water partition coefficient (Wildman–Crippen LogP) is 4.41. The van der Waals surface area contributed by atoms with Gasteiger partial charge in [0.05, 0.1) is 5.41 Å². The Kier molecular flexibility index (Phi) is 6.11. The summed E-state index contributed by atoms with van der Waals surface area (Å²) in [5.41, 5.74) is 0.172. The second-order valence-electron chi connectivity index (χ2n) is 7.44. The van der Waals surface area contributed by atoms with Crippen molar-refractivity contribution in [3.05, 3.63) is 65.5 Å². The summed E-state index contributed by atoms with van der Waals surface area (Å²) in [6.45, 7) is 2.92. The number of halogens is 1. The molecule has 1 saturated carbocycles. The van der Waals surface area contributed by atoms with Crippen LogP contribution in [0.1, 0.15) is 55.5 Å². The van der Waals surface area contributed by atoms with Crippen molar-refractivity contribution in [3.63, 3.8) is 0 Å². The van der Waals surface area contributed by atoms with Gasteiger partial charge < -0.3 is 10.1 Å². The molecule has 6 heteroatoms. The van der Waals surface area contributed by atoms with Gasteiger partial charge in [0.15, 0.2) is 11.9 Å². The molecule has 1 amide bonds. The minimum absolute atomic E-state index is 0.117. The van der Waals surface area contributed by atoms with Crippen molar-refractivity contribution in [1.29, 1.82) is 0 Å². The third-order valence-electron chi connectivity index (χ3n) is 5.43. The van der Waals surface area contributed by atoms with Gasteiger partial charge >= 0.3 is 5.97 Å². The Hall–Kier alpha value is -3.02. The minimum atomic E-state index is -1.06. The lowest BCUT2D eigenvalue weighted by Crippen LogP contribution is -2.40. The van der Waals surface area contributed by atoms with Crippen LogP contribution in [0.4, 0.5) is 10.1 Å². The number of hydrogen-bond donors (Lipinski definition) is 1. The van der Waals surface area contributed by atoms with E-state index in [1.807, 2.05) is 0 Å². The molecule has 0 radical (unpaired) electrons. The van der Waals surface area contributed by atoms with E-state index in [9.17, 15) is 18.8 Å². The zero-order valence-electron chi connectivity index (χ0n) is 16.5. The lowest BCUT2D eigenvalue weighted by Gasteiger charge is -2.29. The summed E-state index contributed by atoms with van der Waals surface area (Å²) in [5.74, 6) is -1.65. The van der Waals surface area contributed by atoms with Crippen LogP contribution in [0.2, 0.25) is 0 Å². The maximum Gasteiger partial charge on any atom is 0.317 e. The smallest absolute Gasteiger partial charge is 0.317 e. The van der Waals surface area contributed by atoms with Crippen LogP contribution in [0, 0.1) is 5.82 Å². The summed E-state index contributed by atoms with van der Waals surface area (Å²) in [6, 6.07) is 12.8. The second kappa shape index (κ2) is 8.55. The number of nitrogens with one attached hydrogen (secondary N) is 1. The number of ketones is 1. The molecule has 0 aliphatic heterocycles. The van der Waals surface area contributed by atoms with Crippen molar-refractivity contribution in [2.24, 2.45) is 0 Å². The summed E-state index contributed by atoms with van der Waals surface area (Å²) in [4.78, 5) is 37.0. The number of carbonyl (C=O) groups is 3. The lowest BCUT2D eigenvalue weighted by molar-refractivity contribution is -0.159. The van der Waals surface area contributed by atoms with Gasteiger partial charge in [0, 0.05) is 16.8 Å². The van der Waals surface area contributed by atoms with Gasteiger partial charge in [-0.1, -0.05) is 43.2 Å². The maximum atomic E-state index is 14.4. The highest BCUT2D eigenvalue weighted by molar-refractivity contribution is 5.99. The zero-order valence-corrected chi connectivity index (χ0v) is 16.5.